The van der Waals surface area contributed by atoms with Crippen molar-refractivity contribution in [1.82, 2.24) is 20.2 Å². The molecule has 2 heterocycles. The van der Waals surface area contributed by atoms with Crippen LogP contribution in [0.2, 0.25) is 0 Å². The molecule has 186 valence electrons. The minimum absolute atomic E-state index is 0.121. The zero-order chi connectivity index (χ0) is 25.3. The normalized spacial score (nSPS) is 21.5. The maximum Gasteiger partial charge on any atom is 0.270 e. The fraction of sp³-hybridized carbons (Fsp3) is 0.435. The van der Waals surface area contributed by atoms with Gasteiger partial charge in [-0.15, -0.1) is 10.2 Å². The van der Waals surface area contributed by atoms with E-state index in [-0.39, 0.29) is 12.2 Å². The lowest BCUT2D eigenvalue weighted by molar-refractivity contribution is -0.385. The molecule has 2 aromatic carbocycles. The Morgan fingerprint density at radius 3 is 2.51 bits per heavy atom. The summed E-state index contributed by atoms with van der Waals surface area (Å²) in [4.78, 5) is 14.3. The third kappa shape index (κ3) is 4.55. The first-order chi connectivity index (χ1) is 16.7. The number of hydrogen-bond donors (Lipinski definition) is 1. The molecule has 1 aliphatic rings. The number of benzene rings is 2. The van der Waals surface area contributed by atoms with Crippen LogP contribution in [0.4, 0.5) is 11.4 Å². The zero-order valence-electron chi connectivity index (χ0n) is 20.2. The first-order valence-corrected chi connectivity index (χ1v) is 10.9. The van der Waals surface area contributed by atoms with Crippen LogP contribution in [0.3, 0.4) is 0 Å². The molecule has 0 saturated heterocycles. The molecule has 1 aliphatic heterocycles. The Hall–Kier alpha value is -3.61. The minimum atomic E-state index is -1.35. The van der Waals surface area contributed by atoms with Gasteiger partial charge in [-0.2, -0.15) is 4.80 Å². The highest BCUT2D eigenvalue weighted by Crippen LogP contribution is 2.47. The Kier molecular flexibility index (Phi) is 6.70. The molecule has 0 spiro atoms. The quantitative estimate of drug-likeness (QED) is 0.288. The lowest BCUT2D eigenvalue weighted by Crippen LogP contribution is -2.62. The first kappa shape index (κ1) is 24.5. The third-order valence-electron chi connectivity index (χ3n) is 6.20. The number of methoxy groups -OCH3 is 2. The summed E-state index contributed by atoms with van der Waals surface area (Å²) in [7, 11) is 4.57. The Morgan fingerprint density at radius 2 is 1.94 bits per heavy atom. The number of fused-ring (bicyclic) bond motifs is 1. The monoisotopic (exact) mass is 484 g/mol. The maximum absolute atomic E-state index is 11.8. The highest BCUT2D eigenvalue weighted by molar-refractivity contribution is 5.56. The van der Waals surface area contributed by atoms with Crippen molar-refractivity contribution in [2.24, 2.45) is 7.05 Å². The van der Waals surface area contributed by atoms with Crippen molar-refractivity contribution < 1.29 is 24.2 Å². The van der Waals surface area contributed by atoms with Crippen molar-refractivity contribution in [3.8, 4) is 5.75 Å². The third-order valence-corrected chi connectivity index (χ3v) is 6.20. The molecule has 0 saturated carbocycles. The van der Waals surface area contributed by atoms with Crippen LogP contribution in [0.1, 0.15) is 29.9 Å². The van der Waals surface area contributed by atoms with Gasteiger partial charge >= 0.3 is 0 Å². The van der Waals surface area contributed by atoms with E-state index in [9.17, 15) is 15.2 Å². The lowest BCUT2D eigenvalue weighted by atomic mass is 9.83. The molecule has 4 rings (SSSR count). The molecule has 35 heavy (non-hydrogen) atoms. The summed E-state index contributed by atoms with van der Waals surface area (Å²) in [5, 5.41) is 35.7. The SMILES string of the molecule is COC(OC)[C@@]1(C)Oc2ccc([N+](=O)[O-])cc2[C@@H](N(Cc2nnn(C)n2)c2ccc(C)cc2)[C@@H]1O. The van der Waals surface area contributed by atoms with Gasteiger partial charge in [0.2, 0.25) is 0 Å². The number of ether oxygens (including phenoxy) is 3. The number of tetrazole rings is 1. The number of aromatic nitrogens is 4. The zero-order valence-corrected chi connectivity index (χ0v) is 20.2. The fourth-order valence-corrected chi connectivity index (χ4v) is 4.47. The van der Waals surface area contributed by atoms with E-state index in [1.165, 1.54) is 37.2 Å². The van der Waals surface area contributed by atoms with E-state index >= 15 is 0 Å². The molecular formula is C23H28N6O6. The van der Waals surface area contributed by atoms with Crippen LogP contribution in [-0.2, 0) is 23.1 Å². The lowest BCUT2D eigenvalue weighted by Gasteiger charge is -2.49. The van der Waals surface area contributed by atoms with Gasteiger partial charge in [0.15, 0.2) is 17.7 Å². The van der Waals surface area contributed by atoms with Crippen molar-refractivity contribution in [2.45, 2.75) is 44.4 Å². The van der Waals surface area contributed by atoms with E-state index < -0.39 is 29.0 Å². The number of aliphatic hydroxyl groups excluding tert-OH is 1. The molecule has 1 aromatic heterocycles. The summed E-state index contributed by atoms with van der Waals surface area (Å²) < 4.78 is 17.2. The smallest absolute Gasteiger partial charge is 0.270 e. The van der Waals surface area contributed by atoms with E-state index in [2.05, 4.69) is 15.4 Å². The molecule has 0 radical (unpaired) electrons. The molecule has 1 N–H and O–H groups in total. The van der Waals surface area contributed by atoms with Crippen molar-refractivity contribution in [3.63, 3.8) is 0 Å². The largest absolute Gasteiger partial charge is 0.479 e. The number of aryl methyl sites for hydroxylation is 2. The van der Waals surface area contributed by atoms with Crippen molar-refractivity contribution >= 4 is 11.4 Å². The van der Waals surface area contributed by atoms with Gasteiger partial charge < -0.3 is 24.2 Å². The van der Waals surface area contributed by atoms with Crippen molar-refractivity contribution in [2.75, 3.05) is 19.1 Å². The summed E-state index contributed by atoms with van der Waals surface area (Å²) in [6, 6.07) is 11.2. The molecule has 12 nitrogen and oxygen atoms in total. The van der Waals surface area contributed by atoms with Crippen LogP contribution in [-0.4, -0.2) is 62.5 Å². The molecule has 0 bridgehead atoms. The van der Waals surface area contributed by atoms with Gasteiger partial charge in [0, 0.05) is 37.6 Å². The Bertz CT molecular complexity index is 1200. The number of hydrogen-bond acceptors (Lipinski definition) is 10. The summed E-state index contributed by atoms with van der Waals surface area (Å²) >= 11 is 0. The maximum atomic E-state index is 11.8. The van der Waals surface area contributed by atoms with Crippen LogP contribution in [0.25, 0.3) is 0 Å². The second-order valence-corrected chi connectivity index (χ2v) is 8.62. The molecule has 0 aliphatic carbocycles. The van der Waals surface area contributed by atoms with Gasteiger partial charge in [0.05, 0.1) is 24.6 Å². The molecule has 3 atom stereocenters. The number of aliphatic hydroxyl groups is 1. The molecule has 0 fully saturated rings. The van der Waals surface area contributed by atoms with Crippen LogP contribution < -0.4 is 9.64 Å². The fourth-order valence-electron chi connectivity index (χ4n) is 4.47. The Labute approximate surface area is 202 Å². The van der Waals surface area contributed by atoms with Crippen LogP contribution in [0.5, 0.6) is 5.75 Å². The van der Waals surface area contributed by atoms with Crippen LogP contribution in [0, 0.1) is 17.0 Å². The molecule has 12 heteroatoms. The van der Waals surface area contributed by atoms with Gasteiger partial charge in [-0.05, 0) is 37.3 Å². The average molecular weight is 485 g/mol. The summed E-state index contributed by atoms with van der Waals surface area (Å²) in [6.07, 6.45) is -2.17. The second-order valence-electron chi connectivity index (χ2n) is 8.62. The van der Waals surface area contributed by atoms with Crippen LogP contribution >= 0.6 is 0 Å². The van der Waals surface area contributed by atoms with Gasteiger partial charge in [0.1, 0.15) is 11.9 Å². The Balaban J connectivity index is 1.92. The van der Waals surface area contributed by atoms with E-state index in [1.807, 2.05) is 36.1 Å². The highest BCUT2D eigenvalue weighted by atomic mass is 16.7. The number of nitrogens with zero attached hydrogens (tertiary/aromatic N) is 6. The number of rotatable bonds is 8. The summed E-state index contributed by atoms with van der Waals surface area (Å²) in [6.45, 7) is 3.82. The van der Waals surface area contributed by atoms with Crippen molar-refractivity contribution in [3.05, 3.63) is 69.5 Å². The van der Waals surface area contributed by atoms with E-state index in [4.69, 9.17) is 14.2 Å². The predicted molar refractivity (Wildman–Crippen MR) is 125 cm³/mol. The van der Waals surface area contributed by atoms with Gasteiger partial charge in [-0.25, -0.2) is 0 Å². The summed E-state index contributed by atoms with van der Waals surface area (Å²) in [5.41, 5.74) is 0.777. The van der Waals surface area contributed by atoms with Gasteiger partial charge in [0.25, 0.3) is 5.69 Å². The second kappa shape index (κ2) is 9.56. The van der Waals surface area contributed by atoms with Crippen LogP contribution in [0.15, 0.2) is 42.5 Å². The first-order valence-electron chi connectivity index (χ1n) is 10.9. The average Bonchev–Trinajstić information content (AvgIpc) is 3.24. The number of anilines is 1. The molecule has 0 unspecified atom stereocenters. The number of non-ortho nitro benzene ring substituents is 1. The number of nitro benzene ring substituents is 1. The summed E-state index contributed by atoms with van der Waals surface area (Å²) in [5.74, 6) is 0.784. The molecule has 3 aromatic rings. The highest BCUT2D eigenvalue weighted by Gasteiger charge is 2.54. The van der Waals surface area contributed by atoms with Gasteiger partial charge in [-0.1, -0.05) is 17.7 Å². The number of nitro groups is 1. The van der Waals surface area contributed by atoms with E-state index in [0.29, 0.717) is 17.1 Å². The van der Waals surface area contributed by atoms with Gasteiger partial charge in [-0.3, -0.25) is 10.1 Å². The molecule has 0 amide bonds. The van der Waals surface area contributed by atoms with E-state index in [1.54, 1.807) is 14.0 Å². The topological polar surface area (TPSA) is 138 Å². The molecular weight excluding hydrogens is 456 g/mol. The minimum Gasteiger partial charge on any atom is -0.479 e. The standard InChI is InChI=1S/C23H28N6O6/c1-14-6-8-15(9-7-14)28(13-19-24-26-27(3)25-19)20-17-12-16(29(31)32)10-11-18(17)35-23(2,21(20)30)22(33-4)34-5/h6-12,20-22,30H,13H2,1-5H3/t20-,21+,23+/m1/s1. The predicted octanol–water partition coefficient (Wildman–Crippen LogP) is 2.31. The van der Waals surface area contributed by atoms with Crippen molar-refractivity contribution in [1.29, 1.82) is 0 Å². The van der Waals surface area contributed by atoms with E-state index in [0.717, 1.165) is 11.3 Å². The Morgan fingerprint density at radius 1 is 1.26 bits per heavy atom.